The van der Waals surface area contributed by atoms with Gasteiger partial charge in [-0.3, -0.25) is 14.3 Å². The summed E-state index contributed by atoms with van der Waals surface area (Å²) in [7, 11) is -3.76. The highest BCUT2D eigenvalue weighted by Gasteiger charge is 2.28. The van der Waals surface area contributed by atoms with Gasteiger partial charge in [0.05, 0.1) is 6.20 Å². The monoisotopic (exact) mass is 302 g/mol. The summed E-state index contributed by atoms with van der Waals surface area (Å²) in [6, 6.07) is 0. The summed E-state index contributed by atoms with van der Waals surface area (Å²) in [5.41, 5.74) is 0. The summed E-state index contributed by atoms with van der Waals surface area (Å²) in [6.07, 6.45) is 2.38. The summed E-state index contributed by atoms with van der Waals surface area (Å²) in [4.78, 5) is 21.7. The molecular weight excluding hydrogens is 288 g/mol. The third-order valence-corrected chi connectivity index (χ3v) is 4.67. The third kappa shape index (κ3) is 3.14. The Morgan fingerprint density at radius 3 is 2.90 bits per heavy atom. The zero-order chi connectivity index (χ0) is 14.8. The second-order valence-corrected chi connectivity index (χ2v) is 6.21. The van der Waals surface area contributed by atoms with Crippen molar-refractivity contribution in [3.8, 4) is 0 Å². The molecular formula is C10H14N4O5S. The van der Waals surface area contributed by atoms with E-state index in [4.69, 9.17) is 5.11 Å². The Hall–Kier alpha value is -1.94. The Kier molecular flexibility index (Phi) is 4.04. The fourth-order valence-corrected chi connectivity index (χ4v) is 3.24. The Balaban J connectivity index is 2.18. The first-order valence-electron chi connectivity index (χ1n) is 5.90. The van der Waals surface area contributed by atoms with Crippen LogP contribution in [0.25, 0.3) is 0 Å². The van der Waals surface area contributed by atoms with Crippen molar-refractivity contribution in [3.63, 3.8) is 0 Å². The van der Waals surface area contributed by atoms with Crippen molar-refractivity contribution < 1.29 is 23.1 Å². The van der Waals surface area contributed by atoms with Crippen LogP contribution in [-0.2, 0) is 26.2 Å². The maximum atomic E-state index is 12.3. The zero-order valence-corrected chi connectivity index (χ0v) is 11.3. The van der Waals surface area contributed by atoms with Crippen molar-refractivity contribution in [2.75, 3.05) is 19.6 Å². The first kappa shape index (κ1) is 14.5. The van der Waals surface area contributed by atoms with Gasteiger partial charge in [-0.05, 0) is 0 Å². The predicted octanol–water partition coefficient (Wildman–Crippen LogP) is -1.52. The lowest BCUT2D eigenvalue weighted by Crippen LogP contribution is -2.34. The number of carboxylic acid groups (broad SMARTS) is 1. The smallest absolute Gasteiger partial charge is 0.325 e. The molecule has 0 atom stereocenters. The van der Waals surface area contributed by atoms with Gasteiger partial charge in [0.15, 0.2) is 0 Å². The minimum absolute atomic E-state index is 0.0758. The average Bonchev–Trinajstić information content (AvgIpc) is 2.70. The lowest BCUT2D eigenvalue weighted by Gasteiger charge is -2.17. The summed E-state index contributed by atoms with van der Waals surface area (Å²) < 4.78 is 26.9. The molecule has 2 rings (SSSR count). The van der Waals surface area contributed by atoms with Gasteiger partial charge in [-0.15, -0.1) is 0 Å². The van der Waals surface area contributed by atoms with Gasteiger partial charge in [0.2, 0.25) is 15.9 Å². The highest BCUT2D eigenvalue weighted by atomic mass is 32.2. The van der Waals surface area contributed by atoms with Gasteiger partial charge in [-0.25, -0.2) is 8.42 Å². The van der Waals surface area contributed by atoms with Crippen molar-refractivity contribution >= 4 is 21.9 Å². The minimum Gasteiger partial charge on any atom is -0.480 e. The highest BCUT2D eigenvalue weighted by Crippen LogP contribution is 2.15. The molecule has 1 aliphatic rings. The number of aromatic nitrogens is 2. The summed E-state index contributed by atoms with van der Waals surface area (Å²) in [6.45, 7) is 0.118. The van der Waals surface area contributed by atoms with Crippen LogP contribution in [0.5, 0.6) is 0 Å². The van der Waals surface area contributed by atoms with Crippen molar-refractivity contribution in [2.45, 2.75) is 17.9 Å². The number of nitrogens with one attached hydrogen (secondary N) is 1. The van der Waals surface area contributed by atoms with E-state index in [1.54, 1.807) is 0 Å². The largest absolute Gasteiger partial charge is 0.480 e. The number of sulfonamides is 1. The van der Waals surface area contributed by atoms with E-state index < -0.39 is 22.5 Å². The number of nitrogens with zero attached hydrogens (tertiary/aromatic N) is 3. The van der Waals surface area contributed by atoms with E-state index in [2.05, 4.69) is 10.4 Å². The second-order valence-electron chi connectivity index (χ2n) is 4.27. The number of carbonyl (C=O) groups excluding carboxylic acids is 1. The number of carboxylic acids is 1. The molecule has 10 heteroatoms. The predicted molar refractivity (Wildman–Crippen MR) is 66.2 cm³/mol. The highest BCUT2D eigenvalue weighted by molar-refractivity contribution is 7.89. The van der Waals surface area contributed by atoms with E-state index in [0.717, 1.165) is 10.9 Å². The molecule has 1 amide bonds. The molecule has 1 aromatic rings. The van der Waals surface area contributed by atoms with E-state index in [0.29, 0.717) is 0 Å². The first-order chi connectivity index (χ1) is 9.39. The quantitative estimate of drug-likeness (QED) is 0.696. The summed E-state index contributed by atoms with van der Waals surface area (Å²) in [5, 5.41) is 14.9. The SMILES string of the molecule is O=C(O)Cn1cc(S(=O)(=O)N2CCNC(=O)CC2)cn1. The Bertz CT molecular complexity index is 623. The summed E-state index contributed by atoms with van der Waals surface area (Å²) in [5.74, 6) is -1.30. The standard InChI is InChI=1S/C10H14N4O5S/c15-9-1-3-14(4-2-11-9)20(18,19)8-5-12-13(6-8)7-10(16)17/h5-6H,1-4,7H2,(H,11,15)(H,16,17). The maximum Gasteiger partial charge on any atom is 0.325 e. The number of hydrogen-bond donors (Lipinski definition) is 2. The van der Waals surface area contributed by atoms with Crippen LogP contribution >= 0.6 is 0 Å². The molecule has 1 aliphatic heterocycles. The van der Waals surface area contributed by atoms with Gasteiger partial charge in [0.25, 0.3) is 0 Å². The topological polar surface area (TPSA) is 122 Å². The van der Waals surface area contributed by atoms with E-state index in [1.165, 1.54) is 10.5 Å². The van der Waals surface area contributed by atoms with Crippen LogP contribution in [0, 0.1) is 0 Å². The molecule has 0 radical (unpaired) electrons. The van der Waals surface area contributed by atoms with Gasteiger partial charge in [0.1, 0.15) is 11.4 Å². The third-order valence-electron chi connectivity index (χ3n) is 2.82. The van der Waals surface area contributed by atoms with Crippen LogP contribution in [0.1, 0.15) is 6.42 Å². The molecule has 1 fully saturated rings. The molecule has 0 unspecified atom stereocenters. The minimum atomic E-state index is -3.76. The molecule has 2 heterocycles. The van der Waals surface area contributed by atoms with Crippen LogP contribution in [0.2, 0.25) is 0 Å². The second kappa shape index (κ2) is 5.59. The molecule has 0 spiro atoms. The van der Waals surface area contributed by atoms with Crippen LogP contribution in [0.4, 0.5) is 0 Å². The van der Waals surface area contributed by atoms with Gasteiger partial charge in [-0.2, -0.15) is 9.40 Å². The maximum absolute atomic E-state index is 12.3. The zero-order valence-electron chi connectivity index (χ0n) is 10.5. The van der Waals surface area contributed by atoms with Crippen molar-refractivity contribution in [1.29, 1.82) is 0 Å². The molecule has 1 aromatic heterocycles. The van der Waals surface area contributed by atoms with Gasteiger partial charge < -0.3 is 10.4 Å². The Morgan fingerprint density at radius 2 is 2.20 bits per heavy atom. The number of carbonyl (C=O) groups is 2. The van der Waals surface area contributed by atoms with E-state index >= 15 is 0 Å². The van der Waals surface area contributed by atoms with Crippen molar-refractivity contribution in [2.24, 2.45) is 0 Å². The molecule has 0 aromatic carbocycles. The molecule has 110 valence electrons. The first-order valence-corrected chi connectivity index (χ1v) is 7.35. The fourth-order valence-electron chi connectivity index (χ4n) is 1.84. The van der Waals surface area contributed by atoms with E-state index in [1.807, 2.05) is 0 Å². The molecule has 20 heavy (non-hydrogen) atoms. The lowest BCUT2D eigenvalue weighted by molar-refractivity contribution is -0.137. The average molecular weight is 302 g/mol. The molecule has 0 aliphatic carbocycles. The molecule has 0 saturated carbocycles. The van der Waals surface area contributed by atoms with E-state index in [9.17, 15) is 18.0 Å². The Morgan fingerprint density at radius 1 is 1.45 bits per heavy atom. The van der Waals surface area contributed by atoms with Crippen LogP contribution in [0.3, 0.4) is 0 Å². The lowest BCUT2D eigenvalue weighted by atomic mass is 10.4. The number of hydrogen-bond acceptors (Lipinski definition) is 5. The molecule has 2 N–H and O–H groups in total. The normalized spacial score (nSPS) is 17.5. The number of rotatable bonds is 4. The molecule has 0 bridgehead atoms. The summed E-state index contributed by atoms with van der Waals surface area (Å²) >= 11 is 0. The number of amides is 1. The number of aliphatic carboxylic acids is 1. The Labute approximate surface area is 115 Å². The van der Waals surface area contributed by atoms with Crippen LogP contribution in [-0.4, -0.2) is 59.1 Å². The van der Waals surface area contributed by atoms with Crippen LogP contribution in [0.15, 0.2) is 17.3 Å². The molecule has 9 nitrogen and oxygen atoms in total. The fraction of sp³-hybridized carbons (Fsp3) is 0.500. The van der Waals surface area contributed by atoms with Gasteiger partial charge >= 0.3 is 5.97 Å². The van der Waals surface area contributed by atoms with Gasteiger partial charge in [-0.1, -0.05) is 0 Å². The molecule has 1 saturated heterocycles. The van der Waals surface area contributed by atoms with Gasteiger partial charge in [0, 0.05) is 32.3 Å². The van der Waals surface area contributed by atoms with Crippen LogP contribution < -0.4 is 5.32 Å². The van der Waals surface area contributed by atoms with Crippen molar-refractivity contribution in [1.82, 2.24) is 19.4 Å². The van der Waals surface area contributed by atoms with Crippen molar-refractivity contribution in [3.05, 3.63) is 12.4 Å². The van der Waals surface area contributed by atoms with E-state index in [-0.39, 0.29) is 36.9 Å².